The summed E-state index contributed by atoms with van der Waals surface area (Å²) in [7, 11) is 3.29. The molecule has 1 aromatic rings. The maximum Gasteiger partial charge on any atom is 0.303 e. The zero-order chi connectivity index (χ0) is 14.8. The lowest BCUT2D eigenvalue weighted by Crippen LogP contribution is -2.15. The van der Waals surface area contributed by atoms with Crippen LogP contribution < -0.4 is 14.8 Å². The maximum absolute atomic E-state index is 10.4. The number of carbonyl (C=O) groups is 1. The summed E-state index contributed by atoms with van der Waals surface area (Å²) in [6, 6.07) is 5.72. The Bertz CT molecular complexity index is 420. The van der Waals surface area contributed by atoms with Crippen LogP contribution in [0.15, 0.2) is 18.2 Å². The molecule has 0 unspecified atom stereocenters. The standard InChI is InChI=1S/C15H23NO4/c1-19-13-7-8-14(20-2)12(10-13)11-16-9-5-3-4-6-15(17)18/h7-8,10,16H,3-6,9,11H2,1-2H3,(H,17,18). The second-order valence-corrected chi connectivity index (χ2v) is 4.56. The number of benzene rings is 1. The van der Waals surface area contributed by atoms with Crippen LogP contribution in [-0.4, -0.2) is 31.8 Å². The van der Waals surface area contributed by atoms with Crippen molar-refractivity contribution in [2.24, 2.45) is 0 Å². The van der Waals surface area contributed by atoms with Gasteiger partial charge in [-0.05, 0) is 37.6 Å². The van der Waals surface area contributed by atoms with Gasteiger partial charge in [0, 0.05) is 18.5 Å². The largest absolute Gasteiger partial charge is 0.497 e. The number of methoxy groups -OCH3 is 2. The molecule has 0 bridgehead atoms. The molecule has 0 amide bonds. The van der Waals surface area contributed by atoms with Crippen molar-refractivity contribution in [3.05, 3.63) is 23.8 Å². The number of hydrogen-bond donors (Lipinski definition) is 2. The van der Waals surface area contributed by atoms with Crippen molar-refractivity contribution in [1.82, 2.24) is 5.32 Å². The molecule has 2 N–H and O–H groups in total. The summed E-state index contributed by atoms with van der Waals surface area (Å²) in [6.45, 7) is 1.57. The molecule has 5 nitrogen and oxygen atoms in total. The molecule has 0 fully saturated rings. The Balaban J connectivity index is 2.28. The van der Waals surface area contributed by atoms with Crippen LogP contribution >= 0.6 is 0 Å². The summed E-state index contributed by atoms with van der Waals surface area (Å²) in [5.74, 6) is 0.923. The fourth-order valence-electron chi connectivity index (χ4n) is 1.95. The number of unbranched alkanes of at least 4 members (excludes halogenated alkanes) is 2. The third-order valence-corrected chi connectivity index (χ3v) is 3.05. The zero-order valence-electron chi connectivity index (χ0n) is 12.1. The molecule has 112 valence electrons. The second-order valence-electron chi connectivity index (χ2n) is 4.56. The smallest absolute Gasteiger partial charge is 0.303 e. The van der Waals surface area contributed by atoms with E-state index in [0.717, 1.165) is 42.9 Å². The van der Waals surface area contributed by atoms with Crippen molar-refractivity contribution < 1.29 is 19.4 Å². The van der Waals surface area contributed by atoms with Gasteiger partial charge in [-0.25, -0.2) is 0 Å². The molecule has 1 rings (SSSR count). The molecule has 0 aromatic heterocycles. The van der Waals surface area contributed by atoms with Gasteiger partial charge in [0.25, 0.3) is 0 Å². The van der Waals surface area contributed by atoms with Gasteiger partial charge in [-0.2, -0.15) is 0 Å². The van der Waals surface area contributed by atoms with E-state index in [9.17, 15) is 4.79 Å². The van der Waals surface area contributed by atoms with E-state index in [2.05, 4.69) is 5.32 Å². The Labute approximate surface area is 119 Å². The van der Waals surface area contributed by atoms with E-state index in [1.807, 2.05) is 18.2 Å². The van der Waals surface area contributed by atoms with Crippen molar-refractivity contribution in [2.75, 3.05) is 20.8 Å². The first kappa shape index (κ1) is 16.3. The number of hydrogen-bond acceptors (Lipinski definition) is 4. The van der Waals surface area contributed by atoms with Crippen LogP contribution in [0.3, 0.4) is 0 Å². The van der Waals surface area contributed by atoms with E-state index in [4.69, 9.17) is 14.6 Å². The lowest BCUT2D eigenvalue weighted by Gasteiger charge is -2.11. The van der Waals surface area contributed by atoms with Gasteiger partial charge >= 0.3 is 5.97 Å². The molecule has 1 aromatic carbocycles. The average molecular weight is 281 g/mol. The number of carboxylic acids is 1. The molecular weight excluding hydrogens is 258 g/mol. The topological polar surface area (TPSA) is 67.8 Å². The molecule has 0 heterocycles. The van der Waals surface area contributed by atoms with Crippen LogP contribution in [0.1, 0.15) is 31.2 Å². The van der Waals surface area contributed by atoms with E-state index in [-0.39, 0.29) is 6.42 Å². The Morgan fingerprint density at radius 1 is 1.20 bits per heavy atom. The third kappa shape index (κ3) is 5.93. The molecule has 0 radical (unpaired) electrons. The van der Waals surface area contributed by atoms with Crippen molar-refractivity contribution in [3.63, 3.8) is 0 Å². The van der Waals surface area contributed by atoms with Crippen LogP contribution in [0.4, 0.5) is 0 Å². The van der Waals surface area contributed by atoms with E-state index < -0.39 is 5.97 Å². The average Bonchev–Trinajstić information content (AvgIpc) is 2.45. The number of ether oxygens (including phenoxy) is 2. The molecular formula is C15H23NO4. The first-order valence-electron chi connectivity index (χ1n) is 6.80. The summed E-state index contributed by atoms with van der Waals surface area (Å²) >= 11 is 0. The van der Waals surface area contributed by atoms with E-state index >= 15 is 0 Å². The minimum Gasteiger partial charge on any atom is -0.497 e. The van der Waals surface area contributed by atoms with Crippen LogP contribution in [0.5, 0.6) is 11.5 Å². The Morgan fingerprint density at radius 3 is 2.65 bits per heavy atom. The van der Waals surface area contributed by atoms with Crippen LogP contribution in [0.25, 0.3) is 0 Å². The van der Waals surface area contributed by atoms with Gasteiger partial charge < -0.3 is 19.9 Å². The van der Waals surface area contributed by atoms with Gasteiger partial charge in [0.05, 0.1) is 14.2 Å². The van der Waals surface area contributed by atoms with Crippen LogP contribution in [0, 0.1) is 0 Å². The van der Waals surface area contributed by atoms with Gasteiger partial charge in [0.1, 0.15) is 11.5 Å². The summed E-state index contributed by atoms with van der Waals surface area (Å²) in [5, 5.41) is 11.9. The molecule has 0 spiro atoms. The number of aliphatic carboxylic acids is 1. The molecule has 5 heteroatoms. The molecule has 0 saturated heterocycles. The summed E-state index contributed by atoms with van der Waals surface area (Å²) in [4.78, 5) is 10.4. The minimum atomic E-state index is -0.723. The number of rotatable bonds is 10. The highest BCUT2D eigenvalue weighted by molar-refractivity contribution is 5.66. The lowest BCUT2D eigenvalue weighted by molar-refractivity contribution is -0.137. The van der Waals surface area contributed by atoms with Crippen molar-refractivity contribution in [3.8, 4) is 11.5 Å². The Morgan fingerprint density at radius 2 is 2.00 bits per heavy atom. The summed E-state index contributed by atoms with van der Waals surface area (Å²) in [5.41, 5.74) is 1.05. The van der Waals surface area contributed by atoms with Gasteiger partial charge in [-0.15, -0.1) is 0 Å². The molecule has 0 saturated carbocycles. The SMILES string of the molecule is COc1ccc(OC)c(CNCCCCCC(=O)O)c1. The minimum absolute atomic E-state index is 0.254. The summed E-state index contributed by atoms with van der Waals surface area (Å²) < 4.78 is 10.5. The van der Waals surface area contributed by atoms with Crippen LogP contribution in [-0.2, 0) is 11.3 Å². The molecule has 0 aliphatic carbocycles. The van der Waals surface area contributed by atoms with E-state index in [1.54, 1.807) is 14.2 Å². The summed E-state index contributed by atoms with van der Waals surface area (Å²) in [6.07, 6.45) is 2.89. The predicted octanol–water partition coefficient (Wildman–Crippen LogP) is 2.44. The fourth-order valence-corrected chi connectivity index (χ4v) is 1.95. The monoisotopic (exact) mass is 281 g/mol. The highest BCUT2D eigenvalue weighted by Crippen LogP contribution is 2.23. The van der Waals surface area contributed by atoms with E-state index in [1.165, 1.54) is 0 Å². The highest BCUT2D eigenvalue weighted by atomic mass is 16.5. The number of nitrogens with one attached hydrogen (secondary N) is 1. The number of carboxylic acid groups (broad SMARTS) is 1. The fraction of sp³-hybridized carbons (Fsp3) is 0.533. The zero-order valence-corrected chi connectivity index (χ0v) is 12.1. The highest BCUT2D eigenvalue weighted by Gasteiger charge is 2.04. The second kappa shape index (κ2) is 9.20. The first-order valence-corrected chi connectivity index (χ1v) is 6.80. The van der Waals surface area contributed by atoms with Crippen LogP contribution in [0.2, 0.25) is 0 Å². The lowest BCUT2D eigenvalue weighted by atomic mass is 10.1. The van der Waals surface area contributed by atoms with Gasteiger partial charge in [0.15, 0.2) is 0 Å². The predicted molar refractivity (Wildman–Crippen MR) is 77.4 cm³/mol. The van der Waals surface area contributed by atoms with Gasteiger partial charge in [-0.1, -0.05) is 6.42 Å². The van der Waals surface area contributed by atoms with Crippen molar-refractivity contribution >= 4 is 5.97 Å². The maximum atomic E-state index is 10.4. The van der Waals surface area contributed by atoms with Gasteiger partial charge in [-0.3, -0.25) is 4.79 Å². The van der Waals surface area contributed by atoms with E-state index in [0.29, 0.717) is 6.54 Å². The molecule has 0 atom stereocenters. The molecule has 0 aliphatic rings. The van der Waals surface area contributed by atoms with Crippen molar-refractivity contribution in [1.29, 1.82) is 0 Å². The quantitative estimate of drug-likeness (QED) is 0.645. The van der Waals surface area contributed by atoms with Crippen molar-refractivity contribution in [2.45, 2.75) is 32.2 Å². The molecule has 20 heavy (non-hydrogen) atoms. The normalized spacial score (nSPS) is 10.3. The Kier molecular flexibility index (Phi) is 7.50. The Hall–Kier alpha value is -1.75. The first-order chi connectivity index (χ1) is 9.67. The van der Waals surface area contributed by atoms with Gasteiger partial charge in [0.2, 0.25) is 0 Å². The third-order valence-electron chi connectivity index (χ3n) is 3.05. The molecule has 0 aliphatic heterocycles.